The van der Waals surface area contributed by atoms with E-state index in [0.717, 1.165) is 5.56 Å². The van der Waals surface area contributed by atoms with Crippen molar-refractivity contribution in [3.63, 3.8) is 0 Å². The molecule has 0 aliphatic rings. The first-order valence-electron chi connectivity index (χ1n) is 6.43. The fourth-order valence-corrected chi connectivity index (χ4v) is 2.62. The van der Waals surface area contributed by atoms with Crippen LogP contribution >= 0.6 is 11.3 Å². The number of hydrogen-bond donors (Lipinski definition) is 0. The Balaban J connectivity index is 1.84. The highest BCUT2D eigenvalue weighted by molar-refractivity contribution is 7.18. The van der Waals surface area contributed by atoms with Crippen LogP contribution in [0, 0.1) is 5.82 Å². The summed E-state index contributed by atoms with van der Waals surface area (Å²) in [6.45, 7) is 0. The van der Waals surface area contributed by atoms with Gasteiger partial charge in [-0.3, -0.25) is 14.7 Å². The molecule has 1 aromatic carbocycles. The van der Waals surface area contributed by atoms with Gasteiger partial charge in [0, 0.05) is 18.8 Å². The molecule has 0 aliphatic carbocycles. The minimum absolute atomic E-state index is 0.262. The Labute approximate surface area is 130 Å². The van der Waals surface area contributed by atoms with Crippen LogP contribution in [0.25, 0.3) is 10.6 Å². The Bertz CT molecular complexity index is 789. The van der Waals surface area contributed by atoms with E-state index in [-0.39, 0.29) is 11.7 Å². The van der Waals surface area contributed by atoms with Crippen LogP contribution in [0.5, 0.6) is 0 Å². The minimum atomic E-state index is -0.309. The van der Waals surface area contributed by atoms with Crippen LogP contribution in [0.3, 0.4) is 0 Å². The molecule has 0 saturated carbocycles. The van der Waals surface area contributed by atoms with Gasteiger partial charge in [-0.1, -0.05) is 17.4 Å². The van der Waals surface area contributed by atoms with Gasteiger partial charge >= 0.3 is 0 Å². The highest BCUT2D eigenvalue weighted by Crippen LogP contribution is 2.28. The molecule has 0 bridgehead atoms. The van der Waals surface area contributed by atoms with Gasteiger partial charge in [-0.05, 0) is 36.4 Å². The monoisotopic (exact) mass is 314 g/mol. The number of anilines is 1. The fraction of sp³-hybridized carbons (Fsp3) is 0.0667. The second-order valence-electron chi connectivity index (χ2n) is 4.48. The van der Waals surface area contributed by atoms with Gasteiger partial charge in [0.2, 0.25) is 5.13 Å². The van der Waals surface area contributed by atoms with E-state index in [2.05, 4.69) is 15.2 Å². The van der Waals surface area contributed by atoms with Gasteiger partial charge in [0.05, 0.1) is 0 Å². The topological polar surface area (TPSA) is 59.0 Å². The lowest BCUT2D eigenvalue weighted by Crippen LogP contribution is -2.26. The van der Waals surface area contributed by atoms with E-state index in [1.54, 1.807) is 43.6 Å². The fourth-order valence-electron chi connectivity index (χ4n) is 1.81. The number of nitrogens with zero attached hydrogens (tertiary/aromatic N) is 4. The molecule has 0 aliphatic heterocycles. The normalized spacial score (nSPS) is 10.5. The van der Waals surface area contributed by atoms with Gasteiger partial charge in [-0.15, -0.1) is 10.2 Å². The summed E-state index contributed by atoms with van der Waals surface area (Å²) in [7, 11) is 1.62. The van der Waals surface area contributed by atoms with Crippen LogP contribution < -0.4 is 4.90 Å². The molecule has 0 saturated heterocycles. The summed E-state index contributed by atoms with van der Waals surface area (Å²) in [4.78, 5) is 17.7. The van der Waals surface area contributed by atoms with E-state index in [1.807, 2.05) is 0 Å². The number of carbonyl (C=O) groups is 1. The number of amides is 1. The smallest absolute Gasteiger partial charge is 0.278 e. The molecule has 2 aromatic heterocycles. The maximum atomic E-state index is 12.9. The van der Waals surface area contributed by atoms with Crippen molar-refractivity contribution in [1.29, 1.82) is 0 Å². The highest BCUT2D eigenvalue weighted by Gasteiger charge is 2.18. The molecule has 7 heteroatoms. The average Bonchev–Trinajstić information content (AvgIpc) is 3.05. The molecule has 110 valence electrons. The molecule has 2 heterocycles. The first-order chi connectivity index (χ1) is 10.6. The lowest BCUT2D eigenvalue weighted by molar-refractivity contribution is 0.0988. The summed E-state index contributed by atoms with van der Waals surface area (Å²) in [5.41, 5.74) is 1.09. The molecule has 3 aromatic rings. The van der Waals surface area contributed by atoms with Crippen molar-refractivity contribution in [2.24, 2.45) is 0 Å². The molecule has 0 unspecified atom stereocenters. The number of rotatable bonds is 3. The Morgan fingerprint density at radius 2 is 1.91 bits per heavy atom. The zero-order chi connectivity index (χ0) is 15.5. The number of carbonyl (C=O) groups excluding carboxylic acids is 1. The van der Waals surface area contributed by atoms with E-state index in [1.165, 1.54) is 28.4 Å². The van der Waals surface area contributed by atoms with Crippen molar-refractivity contribution < 1.29 is 9.18 Å². The Kier molecular flexibility index (Phi) is 3.88. The number of benzene rings is 1. The zero-order valence-electron chi connectivity index (χ0n) is 11.6. The van der Waals surface area contributed by atoms with E-state index in [4.69, 9.17) is 0 Å². The van der Waals surface area contributed by atoms with Crippen LogP contribution in [-0.2, 0) is 0 Å². The number of hydrogen-bond acceptors (Lipinski definition) is 5. The average molecular weight is 314 g/mol. The van der Waals surface area contributed by atoms with E-state index in [0.29, 0.717) is 15.8 Å². The number of halogens is 1. The molecule has 0 atom stereocenters. The minimum Gasteiger partial charge on any atom is -0.284 e. The van der Waals surface area contributed by atoms with Crippen molar-refractivity contribution in [1.82, 2.24) is 15.2 Å². The van der Waals surface area contributed by atoms with E-state index < -0.39 is 0 Å². The molecule has 3 rings (SSSR count). The molecule has 0 radical (unpaired) electrons. The van der Waals surface area contributed by atoms with Crippen LogP contribution in [0.4, 0.5) is 9.52 Å². The molecule has 0 fully saturated rings. The van der Waals surface area contributed by atoms with Gasteiger partial charge in [0.15, 0.2) is 0 Å². The second-order valence-corrected chi connectivity index (χ2v) is 5.43. The van der Waals surface area contributed by atoms with Crippen molar-refractivity contribution in [3.05, 3.63) is 60.2 Å². The van der Waals surface area contributed by atoms with Gasteiger partial charge in [0.1, 0.15) is 16.5 Å². The number of pyridine rings is 1. The molecule has 22 heavy (non-hydrogen) atoms. The number of aromatic nitrogens is 3. The molecule has 5 nitrogen and oxygen atoms in total. The first-order valence-corrected chi connectivity index (χ1v) is 7.25. The van der Waals surface area contributed by atoms with Gasteiger partial charge in [-0.25, -0.2) is 4.39 Å². The summed E-state index contributed by atoms with van der Waals surface area (Å²) in [5.74, 6) is -0.571. The quantitative estimate of drug-likeness (QED) is 0.745. The zero-order valence-corrected chi connectivity index (χ0v) is 12.4. The van der Waals surface area contributed by atoms with Crippen LogP contribution in [0.1, 0.15) is 10.5 Å². The maximum Gasteiger partial charge on any atom is 0.278 e. The van der Waals surface area contributed by atoms with Crippen LogP contribution in [0.15, 0.2) is 48.7 Å². The lowest BCUT2D eigenvalue weighted by atomic mass is 10.2. The maximum absolute atomic E-state index is 12.9. The van der Waals surface area contributed by atoms with Crippen molar-refractivity contribution in [3.8, 4) is 10.6 Å². The molecule has 0 N–H and O–H groups in total. The second kappa shape index (κ2) is 5.98. The molecule has 0 spiro atoms. The standard InChI is InChI=1S/C15H11FN4OS/c1-20(14(21)12-4-2-3-9-17-12)15-19-18-13(22-15)10-5-7-11(16)8-6-10/h2-9H,1H3. The molecular weight excluding hydrogens is 303 g/mol. The summed E-state index contributed by atoms with van der Waals surface area (Å²) >= 11 is 1.26. The van der Waals surface area contributed by atoms with E-state index in [9.17, 15) is 9.18 Å². The summed E-state index contributed by atoms with van der Waals surface area (Å²) in [6, 6.07) is 11.1. The van der Waals surface area contributed by atoms with Crippen molar-refractivity contribution in [2.75, 3.05) is 11.9 Å². The van der Waals surface area contributed by atoms with E-state index >= 15 is 0 Å². The highest BCUT2D eigenvalue weighted by atomic mass is 32.1. The molecular formula is C15H11FN4OS. The Morgan fingerprint density at radius 3 is 2.59 bits per heavy atom. The lowest BCUT2D eigenvalue weighted by Gasteiger charge is -2.11. The first kappa shape index (κ1) is 14.3. The Hall–Kier alpha value is -2.67. The molecule has 1 amide bonds. The van der Waals surface area contributed by atoms with Gasteiger partial charge < -0.3 is 0 Å². The predicted octanol–water partition coefficient (Wildman–Crippen LogP) is 3.02. The third-order valence-corrected chi connectivity index (χ3v) is 4.03. The van der Waals surface area contributed by atoms with Crippen molar-refractivity contribution in [2.45, 2.75) is 0 Å². The third kappa shape index (κ3) is 2.84. The summed E-state index contributed by atoms with van der Waals surface area (Å²) in [5, 5.41) is 9.13. The van der Waals surface area contributed by atoms with Gasteiger partial charge in [0.25, 0.3) is 5.91 Å². The van der Waals surface area contributed by atoms with Crippen LogP contribution in [-0.4, -0.2) is 28.1 Å². The Morgan fingerprint density at radius 1 is 1.14 bits per heavy atom. The SMILES string of the molecule is CN(C(=O)c1ccccn1)c1nnc(-c2ccc(F)cc2)s1. The van der Waals surface area contributed by atoms with Crippen molar-refractivity contribution >= 4 is 22.4 Å². The van der Waals surface area contributed by atoms with Gasteiger partial charge in [-0.2, -0.15) is 0 Å². The predicted molar refractivity (Wildman–Crippen MR) is 82.3 cm³/mol. The summed E-state index contributed by atoms with van der Waals surface area (Å²) in [6.07, 6.45) is 1.56. The van der Waals surface area contributed by atoms with Crippen LogP contribution in [0.2, 0.25) is 0 Å². The summed E-state index contributed by atoms with van der Waals surface area (Å²) < 4.78 is 12.9. The largest absolute Gasteiger partial charge is 0.284 e. The third-order valence-electron chi connectivity index (χ3n) is 2.98.